The molecule has 0 aliphatic heterocycles. The molecule has 3 aromatic rings. The maximum atomic E-state index is 13.1. The van der Waals surface area contributed by atoms with E-state index < -0.39 is 10.8 Å². The van der Waals surface area contributed by atoms with Crippen molar-refractivity contribution in [2.75, 3.05) is 5.32 Å². The molecule has 1 N–H and O–H groups in total. The van der Waals surface area contributed by atoms with Crippen LogP contribution in [0, 0.1) is 22.9 Å². The van der Waals surface area contributed by atoms with E-state index in [1.54, 1.807) is 12.1 Å². The van der Waals surface area contributed by atoms with Crippen LogP contribution in [-0.2, 0) is 0 Å². The van der Waals surface area contributed by atoms with Gasteiger partial charge in [0.05, 0.1) is 10.6 Å². The largest absolute Gasteiger partial charge is 0.298 e. The number of carbonyl (C=O) groups excluding carboxylic acids is 1. The first-order valence-corrected chi connectivity index (χ1v) is 8.53. The lowest BCUT2D eigenvalue weighted by Gasteiger charge is -2.02. The number of nitro benzene ring substituents is 1. The third-order valence-electron chi connectivity index (χ3n) is 3.54. The molecule has 0 unspecified atom stereocenters. The molecule has 0 fully saturated rings. The number of rotatable bonds is 4. The number of anilines is 1. The van der Waals surface area contributed by atoms with E-state index in [1.807, 2.05) is 6.92 Å². The third-order valence-corrected chi connectivity index (χ3v) is 4.75. The lowest BCUT2D eigenvalue weighted by molar-refractivity contribution is -0.384. The molecular weight excluding hydrogens is 381 g/mol. The molecule has 0 spiro atoms. The molecule has 3 rings (SSSR count). The number of hydrogen-bond acceptors (Lipinski definition) is 5. The van der Waals surface area contributed by atoms with Gasteiger partial charge in [-0.25, -0.2) is 9.37 Å². The Balaban J connectivity index is 1.84. The standard InChI is InChI=1S/C17H11ClFN3O3S/c1-9-15(10-2-5-12(19)6-3-10)20-17(26-9)21-16(23)11-4-7-13(18)14(8-11)22(24)25/h2-8H,1H3,(H,20,21,23). The number of nitro groups is 1. The Morgan fingerprint density at radius 3 is 2.62 bits per heavy atom. The number of nitrogens with one attached hydrogen (secondary N) is 1. The van der Waals surface area contributed by atoms with E-state index in [-0.39, 0.29) is 22.1 Å². The van der Waals surface area contributed by atoms with Crippen LogP contribution in [0.3, 0.4) is 0 Å². The molecule has 9 heteroatoms. The molecule has 1 amide bonds. The maximum absolute atomic E-state index is 13.1. The first-order valence-electron chi connectivity index (χ1n) is 7.34. The van der Waals surface area contributed by atoms with Crippen LogP contribution in [0.2, 0.25) is 5.02 Å². The van der Waals surface area contributed by atoms with E-state index in [0.717, 1.165) is 16.5 Å². The number of benzene rings is 2. The first kappa shape index (κ1) is 18.0. The number of amides is 1. The molecule has 0 aliphatic carbocycles. The van der Waals surface area contributed by atoms with Crippen molar-refractivity contribution >= 4 is 39.7 Å². The van der Waals surface area contributed by atoms with E-state index in [9.17, 15) is 19.3 Å². The predicted octanol–water partition coefficient (Wildman–Crippen LogP) is 5.07. The van der Waals surface area contributed by atoms with Crippen molar-refractivity contribution in [1.82, 2.24) is 4.98 Å². The van der Waals surface area contributed by atoms with Gasteiger partial charge in [0, 0.05) is 22.1 Å². The summed E-state index contributed by atoms with van der Waals surface area (Å²) in [5, 5.41) is 13.8. The van der Waals surface area contributed by atoms with Gasteiger partial charge in [-0.3, -0.25) is 20.2 Å². The summed E-state index contributed by atoms with van der Waals surface area (Å²) in [6.45, 7) is 1.83. The SMILES string of the molecule is Cc1sc(NC(=O)c2ccc(Cl)c([N+](=O)[O-])c2)nc1-c1ccc(F)cc1. The number of aromatic nitrogens is 1. The minimum atomic E-state index is -0.653. The van der Waals surface area contributed by atoms with Gasteiger partial charge in [-0.1, -0.05) is 11.6 Å². The van der Waals surface area contributed by atoms with Crippen LogP contribution in [0.5, 0.6) is 0 Å². The Labute approximate surface area is 156 Å². The van der Waals surface area contributed by atoms with Crippen molar-refractivity contribution in [2.45, 2.75) is 6.92 Å². The average molecular weight is 392 g/mol. The van der Waals surface area contributed by atoms with Gasteiger partial charge in [-0.15, -0.1) is 11.3 Å². The Hall–Kier alpha value is -2.84. The first-order chi connectivity index (χ1) is 12.3. The molecule has 2 aromatic carbocycles. The molecule has 0 saturated heterocycles. The molecule has 26 heavy (non-hydrogen) atoms. The molecule has 0 aliphatic rings. The molecule has 0 atom stereocenters. The molecular formula is C17H11ClFN3O3S. The summed E-state index contributed by atoms with van der Waals surface area (Å²) in [4.78, 5) is 27.8. The van der Waals surface area contributed by atoms with Crippen molar-refractivity contribution < 1.29 is 14.1 Å². The van der Waals surface area contributed by atoms with Crippen LogP contribution < -0.4 is 5.32 Å². The van der Waals surface area contributed by atoms with Crippen molar-refractivity contribution in [2.24, 2.45) is 0 Å². The summed E-state index contributed by atoms with van der Waals surface area (Å²) in [7, 11) is 0. The molecule has 6 nitrogen and oxygen atoms in total. The quantitative estimate of drug-likeness (QED) is 0.497. The molecule has 1 heterocycles. The minimum Gasteiger partial charge on any atom is -0.298 e. The smallest absolute Gasteiger partial charge is 0.288 e. The topological polar surface area (TPSA) is 85.1 Å². The lowest BCUT2D eigenvalue weighted by Crippen LogP contribution is -2.12. The fourth-order valence-electron chi connectivity index (χ4n) is 2.29. The Bertz CT molecular complexity index is 1000. The minimum absolute atomic E-state index is 0.0461. The van der Waals surface area contributed by atoms with Crippen LogP contribution in [0.4, 0.5) is 15.2 Å². The second kappa shape index (κ2) is 7.19. The summed E-state index contributed by atoms with van der Waals surface area (Å²) < 4.78 is 13.1. The fraction of sp³-hybridized carbons (Fsp3) is 0.0588. The zero-order chi connectivity index (χ0) is 18.8. The van der Waals surface area contributed by atoms with Gasteiger partial charge in [0.25, 0.3) is 11.6 Å². The van der Waals surface area contributed by atoms with Crippen LogP contribution in [0.15, 0.2) is 42.5 Å². The average Bonchev–Trinajstić information content (AvgIpc) is 2.96. The number of hydrogen-bond donors (Lipinski definition) is 1. The van der Waals surface area contributed by atoms with Gasteiger partial charge in [0.15, 0.2) is 5.13 Å². The summed E-state index contributed by atoms with van der Waals surface area (Å²) in [6, 6.07) is 9.67. The second-order valence-electron chi connectivity index (χ2n) is 5.31. The third kappa shape index (κ3) is 3.71. The zero-order valence-electron chi connectivity index (χ0n) is 13.3. The molecule has 0 radical (unpaired) electrons. The van der Waals surface area contributed by atoms with Crippen molar-refractivity contribution in [3.8, 4) is 11.3 Å². The van der Waals surface area contributed by atoms with Crippen molar-refractivity contribution in [3.63, 3.8) is 0 Å². The van der Waals surface area contributed by atoms with Gasteiger partial charge in [0.1, 0.15) is 10.8 Å². The fourth-order valence-corrected chi connectivity index (χ4v) is 3.31. The molecule has 0 saturated carbocycles. The van der Waals surface area contributed by atoms with Gasteiger partial charge >= 0.3 is 0 Å². The lowest BCUT2D eigenvalue weighted by atomic mass is 10.1. The van der Waals surface area contributed by atoms with E-state index in [4.69, 9.17) is 11.6 Å². The monoisotopic (exact) mass is 391 g/mol. The van der Waals surface area contributed by atoms with Gasteiger partial charge in [-0.05, 0) is 43.3 Å². The van der Waals surface area contributed by atoms with Crippen LogP contribution in [0.25, 0.3) is 11.3 Å². The summed E-state index contributed by atoms with van der Waals surface area (Å²) in [5.74, 6) is -0.885. The Morgan fingerprint density at radius 2 is 1.96 bits per heavy atom. The Morgan fingerprint density at radius 1 is 1.27 bits per heavy atom. The van der Waals surface area contributed by atoms with E-state index in [1.165, 1.54) is 35.6 Å². The molecule has 0 bridgehead atoms. The number of thiazole rings is 1. The second-order valence-corrected chi connectivity index (χ2v) is 6.92. The normalized spacial score (nSPS) is 10.6. The van der Waals surface area contributed by atoms with E-state index >= 15 is 0 Å². The molecule has 132 valence electrons. The zero-order valence-corrected chi connectivity index (χ0v) is 14.9. The summed E-state index contributed by atoms with van der Waals surface area (Å²) >= 11 is 7.00. The van der Waals surface area contributed by atoms with Crippen molar-refractivity contribution in [1.29, 1.82) is 0 Å². The van der Waals surface area contributed by atoms with Gasteiger partial charge < -0.3 is 0 Å². The number of nitrogens with zero attached hydrogens (tertiary/aromatic N) is 2. The highest BCUT2D eigenvalue weighted by atomic mass is 35.5. The number of aryl methyl sites for hydroxylation is 1. The number of halogens is 2. The summed E-state index contributed by atoms with van der Waals surface area (Å²) in [6.07, 6.45) is 0. The van der Waals surface area contributed by atoms with Crippen LogP contribution in [-0.4, -0.2) is 15.8 Å². The van der Waals surface area contributed by atoms with Crippen LogP contribution in [0.1, 0.15) is 15.2 Å². The van der Waals surface area contributed by atoms with Crippen LogP contribution >= 0.6 is 22.9 Å². The van der Waals surface area contributed by atoms with Gasteiger partial charge in [-0.2, -0.15) is 0 Å². The molecule has 1 aromatic heterocycles. The predicted molar refractivity (Wildman–Crippen MR) is 98.3 cm³/mol. The van der Waals surface area contributed by atoms with E-state index in [0.29, 0.717) is 10.8 Å². The highest BCUT2D eigenvalue weighted by Crippen LogP contribution is 2.31. The van der Waals surface area contributed by atoms with E-state index in [2.05, 4.69) is 10.3 Å². The highest BCUT2D eigenvalue weighted by molar-refractivity contribution is 7.16. The van der Waals surface area contributed by atoms with Gasteiger partial charge in [0.2, 0.25) is 0 Å². The number of carbonyl (C=O) groups is 1. The van der Waals surface area contributed by atoms with Crippen molar-refractivity contribution in [3.05, 3.63) is 73.9 Å². The Kier molecular flexibility index (Phi) is 4.97. The summed E-state index contributed by atoms with van der Waals surface area (Å²) in [5.41, 5.74) is 1.11. The maximum Gasteiger partial charge on any atom is 0.288 e. The highest BCUT2D eigenvalue weighted by Gasteiger charge is 2.18.